The van der Waals surface area contributed by atoms with Crippen LogP contribution in [0.4, 0.5) is 0 Å². The molecule has 2 aromatic rings. The molecule has 1 heterocycles. The van der Waals surface area contributed by atoms with Crippen LogP contribution in [0.5, 0.6) is 11.5 Å². The Labute approximate surface area is 192 Å². The van der Waals surface area contributed by atoms with E-state index < -0.39 is 12.0 Å². The molecule has 0 unspecified atom stereocenters. The number of halogens is 1. The first-order valence-electron chi connectivity index (χ1n) is 10.0. The third-order valence-electron chi connectivity index (χ3n) is 4.66. The highest BCUT2D eigenvalue weighted by molar-refractivity contribution is 7.80. The minimum Gasteiger partial charge on any atom is -0.490 e. The van der Waals surface area contributed by atoms with Crippen molar-refractivity contribution in [1.29, 1.82) is 0 Å². The minimum atomic E-state index is -0.535. The van der Waals surface area contributed by atoms with Crippen molar-refractivity contribution in [3.63, 3.8) is 0 Å². The highest BCUT2D eigenvalue weighted by Gasteiger charge is 2.32. The number of nitrogens with one attached hydrogen (secondary N) is 2. The van der Waals surface area contributed by atoms with E-state index in [4.69, 9.17) is 38.0 Å². The van der Waals surface area contributed by atoms with Gasteiger partial charge in [-0.1, -0.05) is 41.9 Å². The lowest BCUT2D eigenvalue weighted by Gasteiger charge is -2.30. The van der Waals surface area contributed by atoms with E-state index in [0.717, 1.165) is 5.56 Å². The van der Waals surface area contributed by atoms with Crippen LogP contribution in [0.2, 0.25) is 5.02 Å². The van der Waals surface area contributed by atoms with Gasteiger partial charge in [0.1, 0.15) is 6.61 Å². The number of hydrogen-bond donors (Lipinski definition) is 2. The fraction of sp³-hybridized carbons (Fsp3) is 0.304. The Morgan fingerprint density at radius 3 is 2.55 bits per heavy atom. The van der Waals surface area contributed by atoms with Gasteiger partial charge in [-0.25, -0.2) is 4.79 Å². The fourth-order valence-electron chi connectivity index (χ4n) is 3.31. The molecule has 1 aliphatic rings. The predicted octanol–water partition coefficient (Wildman–Crippen LogP) is 4.67. The third-order valence-corrected chi connectivity index (χ3v) is 5.16. The summed E-state index contributed by atoms with van der Waals surface area (Å²) in [4.78, 5) is 12.6. The Morgan fingerprint density at radius 1 is 1.13 bits per heavy atom. The maximum atomic E-state index is 12.6. The molecule has 0 aliphatic carbocycles. The van der Waals surface area contributed by atoms with Crippen LogP contribution in [0.25, 0.3) is 0 Å². The maximum absolute atomic E-state index is 12.6. The molecule has 3 rings (SSSR count). The highest BCUT2D eigenvalue weighted by atomic mass is 35.5. The summed E-state index contributed by atoms with van der Waals surface area (Å²) >= 11 is 11.9. The summed E-state index contributed by atoms with van der Waals surface area (Å²) in [6.45, 7) is 6.48. The van der Waals surface area contributed by atoms with Gasteiger partial charge in [0.05, 0.1) is 29.9 Å². The third kappa shape index (κ3) is 5.48. The molecular formula is C23H25ClN2O4S. The van der Waals surface area contributed by atoms with Crippen molar-refractivity contribution in [2.45, 2.75) is 33.4 Å². The number of rotatable bonds is 8. The highest BCUT2D eigenvalue weighted by Crippen LogP contribution is 2.40. The molecule has 0 saturated carbocycles. The average Bonchev–Trinajstić information content (AvgIpc) is 2.73. The van der Waals surface area contributed by atoms with Crippen LogP contribution in [0.3, 0.4) is 0 Å². The Balaban J connectivity index is 1.97. The smallest absolute Gasteiger partial charge is 0.338 e. The molecule has 0 spiro atoms. The van der Waals surface area contributed by atoms with E-state index in [-0.39, 0.29) is 6.61 Å². The molecule has 0 amide bonds. The van der Waals surface area contributed by atoms with E-state index in [0.29, 0.717) is 51.7 Å². The van der Waals surface area contributed by atoms with Crippen molar-refractivity contribution in [2.75, 3.05) is 13.2 Å². The second-order valence-corrected chi connectivity index (χ2v) is 7.64. The molecule has 0 saturated heterocycles. The zero-order valence-corrected chi connectivity index (χ0v) is 19.2. The molecule has 1 aliphatic heterocycles. The summed E-state index contributed by atoms with van der Waals surface area (Å²) in [5, 5.41) is 6.91. The number of esters is 1. The second-order valence-electron chi connectivity index (χ2n) is 6.83. The van der Waals surface area contributed by atoms with Crippen molar-refractivity contribution in [2.24, 2.45) is 0 Å². The van der Waals surface area contributed by atoms with Crippen molar-refractivity contribution in [3.8, 4) is 11.5 Å². The van der Waals surface area contributed by atoms with Gasteiger partial charge in [0.25, 0.3) is 0 Å². The molecule has 0 fully saturated rings. The van der Waals surface area contributed by atoms with Crippen molar-refractivity contribution >= 4 is 34.9 Å². The zero-order chi connectivity index (χ0) is 22.4. The van der Waals surface area contributed by atoms with Gasteiger partial charge in [-0.3, -0.25) is 0 Å². The van der Waals surface area contributed by atoms with Gasteiger partial charge in [-0.15, -0.1) is 0 Å². The van der Waals surface area contributed by atoms with E-state index in [2.05, 4.69) is 10.6 Å². The molecule has 0 bridgehead atoms. The van der Waals surface area contributed by atoms with E-state index in [1.54, 1.807) is 19.9 Å². The molecule has 8 heteroatoms. The van der Waals surface area contributed by atoms with Crippen LogP contribution < -0.4 is 20.1 Å². The van der Waals surface area contributed by atoms with Gasteiger partial charge >= 0.3 is 5.97 Å². The molecular weight excluding hydrogens is 436 g/mol. The number of ether oxygens (including phenoxy) is 3. The van der Waals surface area contributed by atoms with Gasteiger partial charge in [0.15, 0.2) is 16.6 Å². The Morgan fingerprint density at radius 2 is 1.87 bits per heavy atom. The number of carbonyl (C=O) groups excluding carboxylic acids is 1. The summed E-state index contributed by atoms with van der Waals surface area (Å²) in [5.74, 6) is 0.519. The number of thiocarbonyl (C=S) groups is 1. The summed E-state index contributed by atoms with van der Waals surface area (Å²) in [5.41, 5.74) is 2.79. The number of carbonyl (C=O) groups is 1. The first-order chi connectivity index (χ1) is 14.9. The van der Waals surface area contributed by atoms with E-state index >= 15 is 0 Å². The van der Waals surface area contributed by atoms with E-state index in [1.165, 1.54) is 0 Å². The van der Waals surface area contributed by atoms with Crippen molar-refractivity contribution < 1.29 is 19.0 Å². The summed E-state index contributed by atoms with van der Waals surface area (Å²) in [7, 11) is 0. The van der Waals surface area contributed by atoms with Crippen LogP contribution in [0.1, 0.15) is 37.9 Å². The number of allylic oxidation sites excluding steroid dienone is 1. The average molecular weight is 461 g/mol. The lowest BCUT2D eigenvalue weighted by atomic mass is 9.95. The molecule has 0 radical (unpaired) electrons. The van der Waals surface area contributed by atoms with Gasteiger partial charge in [0.2, 0.25) is 0 Å². The molecule has 2 aromatic carbocycles. The Hall–Kier alpha value is -2.77. The van der Waals surface area contributed by atoms with Crippen LogP contribution in [0.15, 0.2) is 53.7 Å². The Kier molecular flexibility index (Phi) is 7.76. The summed E-state index contributed by atoms with van der Waals surface area (Å²) in [6, 6.07) is 12.8. The summed E-state index contributed by atoms with van der Waals surface area (Å²) in [6.07, 6.45) is 0. The van der Waals surface area contributed by atoms with Crippen LogP contribution in [0, 0.1) is 0 Å². The predicted molar refractivity (Wildman–Crippen MR) is 124 cm³/mol. The second kappa shape index (κ2) is 10.5. The van der Waals surface area contributed by atoms with E-state index in [1.807, 2.05) is 43.3 Å². The molecule has 1 atom stereocenters. The quantitative estimate of drug-likeness (QED) is 0.438. The first-order valence-corrected chi connectivity index (χ1v) is 10.8. The van der Waals surface area contributed by atoms with Crippen molar-refractivity contribution in [3.05, 3.63) is 69.9 Å². The number of benzene rings is 2. The topological polar surface area (TPSA) is 68.8 Å². The maximum Gasteiger partial charge on any atom is 0.338 e. The number of hydrogen-bond acceptors (Lipinski definition) is 5. The molecule has 31 heavy (non-hydrogen) atoms. The fourth-order valence-corrected chi connectivity index (χ4v) is 3.86. The van der Waals surface area contributed by atoms with Gasteiger partial charge in [-0.2, -0.15) is 0 Å². The lowest BCUT2D eigenvalue weighted by Crippen LogP contribution is -2.45. The van der Waals surface area contributed by atoms with Crippen molar-refractivity contribution in [1.82, 2.24) is 10.6 Å². The normalized spacial score (nSPS) is 15.7. The van der Waals surface area contributed by atoms with Crippen LogP contribution >= 0.6 is 23.8 Å². The first kappa shape index (κ1) is 22.9. The van der Waals surface area contributed by atoms with Gasteiger partial charge in [-0.05, 0) is 56.2 Å². The molecule has 164 valence electrons. The van der Waals surface area contributed by atoms with E-state index in [9.17, 15) is 4.79 Å². The standard InChI is InChI=1S/C23H25ClN2O4S/c1-4-28-18-12-16(11-17(24)21(18)30-13-15-9-7-6-8-10-15)20-19(22(27)29-5-2)14(3)25-23(31)26-20/h6-12,20H,4-5,13H2,1-3H3,(H2,25,26,31)/t20-/m0/s1. The largest absolute Gasteiger partial charge is 0.490 e. The monoisotopic (exact) mass is 460 g/mol. The van der Waals surface area contributed by atoms with Gasteiger partial charge < -0.3 is 24.8 Å². The van der Waals surface area contributed by atoms with Gasteiger partial charge in [0, 0.05) is 5.70 Å². The molecule has 0 aromatic heterocycles. The molecule has 2 N–H and O–H groups in total. The SMILES string of the molecule is CCOC(=O)C1=C(C)NC(=S)N[C@H]1c1cc(Cl)c(OCc2ccccc2)c(OCC)c1. The zero-order valence-electron chi connectivity index (χ0n) is 17.7. The Bertz CT molecular complexity index is 995. The lowest BCUT2D eigenvalue weighted by molar-refractivity contribution is -0.139. The molecule has 6 nitrogen and oxygen atoms in total. The van der Waals surface area contributed by atoms with Crippen LogP contribution in [-0.4, -0.2) is 24.3 Å². The minimum absolute atomic E-state index is 0.268. The summed E-state index contributed by atoms with van der Waals surface area (Å²) < 4.78 is 17.1. The van der Waals surface area contributed by atoms with Crippen LogP contribution in [-0.2, 0) is 16.1 Å².